The number of hydrogen-bond acceptors (Lipinski definition) is 3. The molecule has 0 radical (unpaired) electrons. The van der Waals surface area contributed by atoms with Crippen LogP contribution in [-0.2, 0) is 10.0 Å². The summed E-state index contributed by atoms with van der Waals surface area (Å²) >= 11 is 0. The van der Waals surface area contributed by atoms with Gasteiger partial charge in [0.25, 0.3) is 0 Å². The van der Waals surface area contributed by atoms with Gasteiger partial charge < -0.3 is 5.11 Å². The molecule has 0 aliphatic heterocycles. The van der Waals surface area contributed by atoms with Gasteiger partial charge in [-0.15, -0.1) is 0 Å². The van der Waals surface area contributed by atoms with Crippen LogP contribution in [0.3, 0.4) is 0 Å². The predicted molar refractivity (Wildman–Crippen MR) is 67.1 cm³/mol. The van der Waals surface area contributed by atoms with E-state index in [-0.39, 0.29) is 23.5 Å². The molecule has 6 heteroatoms. The Morgan fingerprint density at radius 1 is 1.28 bits per heavy atom. The molecule has 0 saturated heterocycles. The molecule has 0 heterocycles. The van der Waals surface area contributed by atoms with Gasteiger partial charge in [-0.2, -0.15) is 0 Å². The van der Waals surface area contributed by atoms with Crippen LogP contribution in [0.4, 0.5) is 4.39 Å². The lowest BCUT2D eigenvalue weighted by molar-refractivity contribution is 0.256. The van der Waals surface area contributed by atoms with Crippen LogP contribution in [0, 0.1) is 11.7 Å². The summed E-state index contributed by atoms with van der Waals surface area (Å²) < 4.78 is 39.3. The molecule has 0 amide bonds. The van der Waals surface area contributed by atoms with E-state index in [0.29, 0.717) is 6.42 Å². The normalized spacial score (nSPS) is 13.8. The Bertz CT molecular complexity index is 471. The maximum Gasteiger partial charge on any atom is 0.240 e. The zero-order valence-electron chi connectivity index (χ0n) is 10.4. The summed E-state index contributed by atoms with van der Waals surface area (Å²) in [5.74, 6) is -0.419. The molecule has 18 heavy (non-hydrogen) atoms. The van der Waals surface area contributed by atoms with E-state index in [9.17, 15) is 12.8 Å². The molecule has 0 aliphatic rings. The highest BCUT2D eigenvalue weighted by Gasteiger charge is 2.21. The Morgan fingerprint density at radius 2 is 1.83 bits per heavy atom. The lowest BCUT2D eigenvalue weighted by Gasteiger charge is -2.21. The molecule has 4 nitrogen and oxygen atoms in total. The summed E-state index contributed by atoms with van der Waals surface area (Å²) in [5, 5.41) is 8.90. The Balaban J connectivity index is 2.89. The van der Waals surface area contributed by atoms with E-state index in [2.05, 4.69) is 4.72 Å². The van der Waals surface area contributed by atoms with Gasteiger partial charge in [-0.05, 0) is 36.6 Å². The molecule has 1 atom stereocenters. The number of aliphatic hydroxyl groups excluding tert-OH is 1. The quantitative estimate of drug-likeness (QED) is 0.827. The average Bonchev–Trinajstić information content (AvgIpc) is 2.28. The molecule has 0 aliphatic carbocycles. The van der Waals surface area contributed by atoms with Crippen molar-refractivity contribution in [3.05, 3.63) is 30.1 Å². The van der Waals surface area contributed by atoms with E-state index in [0.717, 1.165) is 12.1 Å². The first-order valence-electron chi connectivity index (χ1n) is 5.75. The van der Waals surface area contributed by atoms with Crippen molar-refractivity contribution >= 4 is 10.0 Å². The van der Waals surface area contributed by atoms with Crippen molar-refractivity contribution in [3.8, 4) is 0 Å². The van der Waals surface area contributed by atoms with Gasteiger partial charge >= 0.3 is 0 Å². The summed E-state index contributed by atoms with van der Waals surface area (Å²) in [6.07, 6.45) is 0.345. The summed E-state index contributed by atoms with van der Waals surface area (Å²) in [5.41, 5.74) is 0. The van der Waals surface area contributed by atoms with Crippen molar-refractivity contribution in [2.75, 3.05) is 6.61 Å². The van der Waals surface area contributed by atoms with E-state index in [1.54, 1.807) is 0 Å². The molecule has 1 aromatic carbocycles. The van der Waals surface area contributed by atoms with Gasteiger partial charge in [0.2, 0.25) is 10.0 Å². The Labute approximate surface area is 107 Å². The van der Waals surface area contributed by atoms with E-state index in [1.807, 2.05) is 13.8 Å². The Hall–Kier alpha value is -0.980. The Morgan fingerprint density at radius 3 is 2.28 bits per heavy atom. The fourth-order valence-corrected chi connectivity index (χ4v) is 2.97. The lowest BCUT2D eigenvalue weighted by Crippen LogP contribution is -2.39. The van der Waals surface area contributed by atoms with Gasteiger partial charge in [0.05, 0.1) is 4.90 Å². The van der Waals surface area contributed by atoms with Crippen LogP contribution >= 0.6 is 0 Å². The van der Waals surface area contributed by atoms with Gasteiger partial charge in [-0.3, -0.25) is 0 Å². The highest BCUT2D eigenvalue weighted by Crippen LogP contribution is 2.14. The highest BCUT2D eigenvalue weighted by molar-refractivity contribution is 7.89. The number of halogens is 1. The summed E-state index contributed by atoms with van der Waals surface area (Å²) in [6.45, 7) is 3.65. The first kappa shape index (κ1) is 15.1. The second-order valence-electron chi connectivity index (χ2n) is 4.44. The third-order valence-corrected chi connectivity index (χ3v) is 4.18. The van der Waals surface area contributed by atoms with Crippen molar-refractivity contribution in [1.29, 1.82) is 0 Å². The lowest BCUT2D eigenvalue weighted by atomic mass is 10.0. The van der Waals surface area contributed by atoms with Crippen molar-refractivity contribution < 1.29 is 17.9 Å². The van der Waals surface area contributed by atoms with E-state index >= 15 is 0 Å². The van der Waals surface area contributed by atoms with Gasteiger partial charge in [-0.1, -0.05) is 13.8 Å². The van der Waals surface area contributed by atoms with Gasteiger partial charge in [0, 0.05) is 12.6 Å². The van der Waals surface area contributed by atoms with E-state index in [4.69, 9.17) is 5.11 Å². The standard InChI is InChI=1S/C12H18FNO3S/c1-9(2)12(7-8-15)14-18(16,17)11-5-3-10(13)4-6-11/h3-6,9,12,14-15H,7-8H2,1-2H3. The minimum atomic E-state index is -3.67. The van der Waals surface area contributed by atoms with Crippen LogP contribution in [0.15, 0.2) is 29.2 Å². The molecule has 102 valence electrons. The maximum absolute atomic E-state index is 12.7. The predicted octanol–water partition coefficient (Wildman–Crippen LogP) is 1.51. The second kappa shape index (κ2) is 6.26. The number of rotatable bonds is 6. The van der Waals surface area contributed by atoms with Gasteiger partial charge in [0.1, 0.15) is 5.82 Å². The topological polar surface area (TPSA) is 66.4 Å². The smallest absolute Gasteiger partial charge is 0.240 e. The Kier molecular flexibility index (Phi) is 5.25. The van der Waals surface area contributed by atoms with Gasteiger partial charge in [-0.25, -0.2) is 17.5 Å². The van der Waals surface area contributed by atoms with Crippen LogP contribution in [0.1, 0.15) is 20.3 Å². The zero-order chi connectivity index (χ0) is 13.8. The monoisotopic (exact) mass is 275 g/mol. The summed E-state index contributed by atoms with van der Waals surface area (Å²) in [4.78, 5) is 0.0208. The molecule has 0 aromatic heterocycles. The number of benzene rings is 1. The third-order valence-electron chi connectivity index (χ3n) is 2.68. The van der Waals surface area contributed by atoms with E-state index < -0.39 is 15.8 Å². The molecule has 0 bridgehead atoms. The van der Waals surface area contributed by atoms with Crippen molar-refractivity contribution in [2.45, 2.75) is 31.2 Å². The highest BCUT2D eigenvalue weighted by atomic mass is 32.2. The molecule has 0 fully saturated rings. The van der Waals surface area contributed by atoms with Crippen LogP contribution in [0.5, 0.6) is 0 Å². The zero-order valence-corrected chi connectivity index (χ0v) is 11.2. The van der Waals surface area contributed by atoms with Crippen molar-refractivity contribution in [1.82, 2.24) is 4.72 Å². The van der Waals surface area contributed by atoms with Crippen LogP contribution in [0.2, 0.25) is 0 Å². The molecule has 2 N–H and O–H groups in total. The maximum atomic E-state index is 12.7. The summed E-state index contributed by atoms with van der Waals surface area (Å²) in [7, 11) is -3.67. The molecule has 1 aromatic rings. The fraction of sp³-hybridized carbons (Fsp3) is 0.500. The fourth-order valence-electron chi connectivity index (χ4n) is 1.55. The van der Waals surface area contributed by atoms with E-state index in [1.165, 1.54) is 12.1 Å². The average molecular weight is 275 g/mol. The van der Waals surface area contributed by atoms with Gasteiger partial charge in [0.15, 0.2) is 0 Å². The molecular weight excluding hydrogens is 257 g/mol. The molecule has 0 saturated carbocycles. The largest absolute Gasteiger partial charge is 0.396 e. The number of hydrogen-bond donors (Lipinski definition) is 2. The second-order valence-corrected chi connectivity index (χ2v) is 6.15. The minimum Gasteiger partial charge on any atom is -0.396 e. The van der Waals surface area contributed by atoms with Crippen molar-refractivity contribution in [3.63, 3.8) is 0 Å². The third kappa shape index (κ3) is 4.04. The molecular formula is C12H18FNO3S. The summed E-state index contributed by atoms with van der Waals surface area (Å²) in [6, 6.07) is 4.29. The SMILES string of the molecule is CC(C)C(CCO)NS(=O)(=O)c1ccc(F)cc1. The first-order chi connectivity index (χ1) is 8.36. The molecule has 1 unspecified atom stereocenters. The van der Waals surface area contributed by atoms with Crippen LogP contribution in [0.25, 0.3) is 0 Å². The van der Waals surface area contributed by atoms with Crippen LogP contribution in [-0.4, -0.2) is 26.2 Å². The number of aliphatic hydroxyl groups is 1. The first-order valence-corrected chi connectivity index (χ1v) is 7.24. The minimum absolute atomic E-state index is 0.0208. The van der Waals surface area contributed by atoms with Crippen LogP contribution < -0.4 is 4.72 Å². The molecule has 0 spiro atoms. The van der Waals surface area contributed by atoms with Crippen molar-refractivity contribution in [2.24, 2.45) is 5.92 Å². The number of nitrogens with one attached hydrogen (secondary N) is 1. The number of sulfonamides is 1. The molecule has 1 rings (SSSR count).